The van der Waals surface area contributed by atoms with Crippen LogP contribution in [0.4, 0.5) is 0 Å². The molecule has 1 aromatic carbocycles. The van der Waals surface area contributed by atoms with Crippen molar-refractivity contribution >= 4 is 0 Å². The lowest BCUT2D eigenvalue weighted by Gasteiger charge is -2.43. The predicted molar refractivity (Wildman–Crippen MR) is 96.3 cm³/mol. The molecule has 26 heavy (non-hydrogen) atoms. The molecule has 0 amide bonds. The van der Waals surface area contributed by atoms with Gasteiger partial charge in [0.05, 0.1) is 36.1 Å². The maximum Gasteiger partial charge on any atom is 0.187 e. The van der Waals surface area contributed by atoms with Crippen molar-refractivity contribution < 1.29 is 4.74 Å². The van der Waals surface area contributed by atoms with E-state index < -0.39 is 11.3 Å². The molecule has 0 fully saturated rings. The minimum absolute atomic E-state index is 0.0434. The van der Waals surface area contributed by atoms with Crippen LogP contribution in [0.1, 0.15) is 37.7 Å². The second-order valence-corrected chi connectivity index (χ2v) is 6.61. The second kappa shape index (κ2) is 6.95. The van der Waals surface area contributed by atoms with E-state index in [9.17, 15) is 15.8 Å². The molecule has 130 valence electrons. The first-order valence-electron chi connectivity index (χ1n) is 8.79. The van der Waals surface area contributed by atoms with Crippen molar-refractivity contribution in [3.05, 3.63) is 52.7 Å². The van der Waals surface area contributed by atoms with Gasteiger partial charge in [0.2, 0.25) is 0 Å². The first kappa shape index (κ1) is 17.6. The van der Waals surface area contributed by atoms with E-state index in [2.05, 4.69) is 24.3 Å². The quantitative estimate of drug-likeness (QED) is 0.900. The van der Waals surface area contributed by atoms with Crippen LogP contribution < -0.4 is 10.5 Å². The zero-order chi connectivity index (χ0) is 18.7. The first-order chi connectivity index (χ1) is 12.6. The number of nitrogens with zero attached hydrogens (tertiary/aromatic N) is 3. The van der Waals surface area contributed by atoms with Crippen LogP contribution in [0.2, 0.25) is 0 Å². The normalized spacial score (nSPS) is 23.7. The van der Waals surface area contributed by atoms with Crippen LogP contribution in [0.25, 0.3) is 0 Å². The Balaban J connectivity index is 2.22. The molecule has 0 heterocycles. The summed E-state index contributed by atoms with van der Waals surface area (Å²) in [6.45, 7) is 2.48. The molecule has 0 spiro atoms. The molecule has 0 radical (unpaired) electrons. The fraction of sp³-hybridized carbons (Fsp3) is 0.381. The number of benzene rings is 1. The standard InChI is InChI=1S/C21H20N4O/c1-2-26-15-9-7-14(8-10-15)19-16-5-3-4-6-17(16)20(25)18(11-22)21(19,12-23)13-24/h6-10,16,19H,2-5,25H2,1H3/t16-,19+/m0/s1. The number of nitrogens with two attached hydrogens (primary N) is 1. The molecule has 5 heteroatoms. The molecule has 0 aromatic heterocycles. The maximum absolute atomic E-state index is 9.96. The van der Waals surface area contributed by atoms with Crippen molar-refractivity contribution in [1.29, 1.82) is 15.8 Å². The molecule has 2 N–H and O–H groups in total. The second-order valence-electron chi connectivity index (χ2n) is 6.61. The van der Waals surface area contributed by atoms with Gasteiger partial charge in [0.1, 0.15) is 5.75 Å². The highest BCUT2D eigenvalue weighted by atomic mass is 16.5. The van der Waals surface area contributed by atoms with Gasteiger partial charge in [-0.2, -0.15) is 15.8 Å². The Morgan fingerprint density at radius 1 is 1.19 bits per heavy atom. The number of fused-ring (bicyclic) bond motifs is 1. The monoisotopic (exact) mass is 344 g/mol. The third-order valence-corrected chi connectivity index (χ3v) is 5.34. The molecule has 2 aliphatic carbocycles. The lowest BCUT2D eigenvalue weighted by Crippen LogP contribution is -2.41. The summed E-state index contributed by atoms with van der Waals surface area (Å²) in [6.07, 6.45) is 4.77. The largest absolute Gasteiger partial charge is 0.494 e. The van der Waals surface area contributed by atoms with Crippen LogP contribution >= 0.6 is 0 Å². The number of rotatable bonds is 3. The smallest absolute Gasteiger partial charge is 0.187 e. The third-order valence-electron chi connectivity index (χ3n) is 5.34. The molecule has 0 unspecified atom stereocenters. The molecule has 0 aliphatic heterocycles. The number of ether oxygens (including phenoxy) is 1. The zero-order valence-corrected chi connectivity index (χ0v) is 14.7. The van der Waals surface area contributed by atoms with E-state index in [0.717, 1.165) is 36.1 Å². The molecule has 0 saturated heterocycles. The zero-order valence-electron chi connectivity index (χ0n) is 14.7. The summed E-state index contributed by atoms with van der Waals surface area (Å²) in [4.78, 5) is 0. The summed E-state index contributed by atoms with van der Waals surface area (Å²) >= 11 is 0. The lowest BCUT2D eigenvalue weighted by molar-refractivity contribution is 0.320. The SMILES string of the molecule is CCOc1ccc([C@@H]2[C@H]3CCCC=C3C(N)=C(C#N)C2(C#N)C#N)cc1. The topological polar surface area (TPSA) is 107 Å². The van der Waals surface area contributed by atoms with Gasteiger partial charge in [-0.1, -0.05) is 18.2 Å². The van der Waals surface area contributed by atoms with Gasteiger partial charge in [-0.05, 0) is 55.4 Å². The van der Waals surface area contributed by atoms with Gasteiger partial charge in [-0.15, -0.1) is 0 Å². The minimum atomic E-state index is -1.58. The summed E-state index contributed by atoms with van der Waals surface area (Å²) in [6, 6.07) is 13.8. The van der Waals surface area contributed by atoms with Crippen molar-refractivity contribution in [2.75, 3.05) is 6.61 Å². The van der Waals surface area contributed by atoms with Crippen LogP contribution in [0.3, 0.4) is 0 Å². The molecule has 2 aliphatic rings. The Morgan fingerprint density at radius 3 is 2.46 bits per heavy atom. The number of hydrogen-bond acceptors (Lipinski definition) is 5. The molecular weight excluding hydrogens is 324 g/mol. The van der Waals surface area contributed by atoms with Gasteiger partial charge in [-0.3, -0.25) is 0 Å². The van der Waals surface area contributed by atoms with E-state index in [1.54, 1.807) is 0 Å². The van der Waals surface area contributed by atoms with E-state index in [0.29, 0.717) is 12.3 Å². The minimum Gasteiger partial charge on any atom is -0.494 e. The van der Waals surface area contributed by atoms with Gasteiger partial charge < -0.3 is 10.5 Å². The van der Waals surface area contributed by atoms with Crippen LogP contribution in [0, 0.1) is 45.3 Å². The van der Waals surface area contributed by atoms with E-state index in [-0.39, 0.29) is 11.5 Å². The maximum atomic E-state index is 9.96. The number of nitriles is 3. The molecule has 2 atom stereocenters. The average Bonchev–Trinajstić information content (AvgIpc) is 2.69. The summed E-state index contributed by atoms with van der Waals surface area (Å²) in [7, 11) is 0. The molecule has 0 saturated carbocycles. The Hall–Kier alpha value is -3.23. The average molecular weight is 344 g/mol. The predicted octanol–water partition coefficient (Wildman–Crippen LogP) is 3.68. The van der Waals surface area contributed by atoms with Crippen LogP contribution in [0.15, 0.2) is 47.2 Å². The molecule has 5 nitrogen and oxygen atoms in total. The van der Waals surface area contributed by atoms with E-state index in [1.165, 1.54) is 0 Å². The van der Waals surface area contributed by atoms with Crippen LogP contribution in [-0.2, 0) is 0 Å². The number of allylic oxidation sites excluding steroid dienone is 3. The summed E-state index contributed by atoms with van der Waals surface area (Å²) in [5.41, 5.74) is 6.81. The van der Waals surface area contributed by atoms with Gasteiger partial charge in [0.25, 0.3) is 0 Å². The van der Waals surface area contributed by atoms with Crippen molar-refractivity contribution in [2.24, 2.45) is 17.1 Å². The Kier molecular flexibility index (Phi) is 4.70. The highest BCUT2D eigenvalue weighted by molar-refractivity contribution is 5.59. The fourth-order valence-electron chi connectivity index (χ4n) is 4.22. The Labute approximate surface area is 153 Å². The first-order valence-corrected chi connectivity index (χ1v) is 8.79. The van der Waals surface area contributed by atoms with Gasteiger partial charge in [-0.25, -0.2) is 0 Å². The van der Waals surface area contributed by atoms with E-state index in [4.69, 9.17) is 10.5 Å². The highest BCUT2D eigenvalue weighted by Crippen LogP contribution is 2.56. The molecule has 1 aromatic rings. The molecule has 0 bridgehead atoms. The van der Waals surface area contributed by atoms with E-state index >= 15 is 0 Å². The Morgan fingerprint density at radius 2 is 1.88 bits per heavy atom. The van der Waals surface area contributed by atoms with Crippen molar-refractivity contribution in [3.63, 3.8) is 0 Å². The summed E-state index contributed by atoms with van der Waals surface area (Å²) in [5, 5.41) is 29.6. The fourth-order valence-corrected chi connectivity index (χ4v) is 4.22. The van der Waals surface area contributed by atoms with Crippen molar-refractivity contribution in [2.45, 2.75) is 32.1 Å². The van der Waals surface area contributed by atoms with Crippen LogP contribution in [-0.4, -0.2) is 6.61 Å². The van der Waals surface area contributed by atoms with Crippen molar-refractivity contribution in [1.82, 2.24) is 0 Å². The Bertz CT molecular complexity index is 876. The van der Waals surface area contributed by atoms with E-state index in [1.807, 2.05) is 31.2 Å². The molecule has 3 rings (SSSR count). The van der Waals surface area contributed by atoms with Gasteiger partial charge in [0, 0.05) is 5.92 Å². The van der Waals surface area contributed by atoms with Crippen molar-refractivity contribution in [3.8, 4) is 24.0 Å². The highest BCUT2D eigenvalue weighted by Gasteiger charge is 2.54. The van der Waals surface area contributed by atoms with Crippen LogP contribution in [0.5, 0.6) is 5.75 Å². The number of hydrogen-bond donors (Lipinski definition) is 1. The molecular formula is C21H20N4O. The third kappa shape index (κ3) is 2.52. The summed E-state index contributed by atoms with van der Waals surface area (Å²) < 4.78 is 5.50. The van der Waals surface area contributed by atoms with Gasteiger partial charge >= 0.3 is 0 Å². The lowest BCUT2D eigenvalue weighted by atomic mass is 9.56. The van der Waals surface area contributed by atoms with Gasteiger partial charge in [0.15, 0.2) is 5.41 Å². The summed E-state index contributed by atoms with van der Waals surface area (Å²) in [5.74, 6) is 0.265.